The van der Waals surface area contributed by atoms with Crippen LogP contribution in [0, 0.1) is 0 Å². The highest BCUT2D eigenvalue weighted by Gasteiger charge is 2.17. The second-order valence-electron chi connectivity index (χ2n) is 2.64. The van der Waals surface area contributed by atoms with Crippen molar-refractivity contribution in [3.63, 3.8) is 0 Å². The largest absolute Gasteiger partial charge is 0.497 e. The Morgan fingerprint density at radius 3 is 2.62 bits per heavy atom. The van der Waals surface area contributed by atoms with E-state index in [0.717, 1.165) is 0 Å². The molecular weight excluding hydrogens is 176 g/mol. The molecule has 0 saturated carbocycles. The van der Waals surface area contributed by atoms with Crippen molar-refractivity contribution in [2.24, 2.45) is 5.73 Å². The first kappa shape index (κ1) is 9.92. The third-order valence-corrected chi connectivity index (χ3v) is 1.75. The Hall–Kier alpha value is -1.16. The molecule has 2 nitrogen and oxygen atoms in total. The van der Waals surface area contributed by atoms with Crippen molar-refractivity contribution in [1.29, 1.82) is 0 Å². The van der Waals surface area contributed by atoms with Crippen LogP contribution in [0.15, 0.2) is 24.3 Å². The predicted octanol–water partition coefficient (Wildman–Crippen LogP) is 1.96. The molecule has 0 saturated heterocycles. The summed E-state index contributed by atoms with van der Waals surface area (Å²) >= 11 is 0. The quantitative estimate of drug-likeness (QED) is 0.785. The molecule has 2 N–H and O–H groups in total. The first-order valence-electron chi connectivity index (χ1n) is 3.83. The molecule has 4 heteroatoms. The van der Waals surface area contributed by atoms with Gasteiger partial charge in [-0.15, -0.1) is 0 Å². The summed E-state index contributed by atoms with van der Waals surface area (Å²) in [7, 11) is 1.48. The molecule has 0 spiro atoms. The highest BCUT2D eigenvalue weighted by Crippen LogP contribution is 2.21. The molecule has 0 radical (unpaired) electrons. The van der Waals surface area contributed by atoms with Crippen molar-refractivity contribution in [1.82, 2.24) is 0 Å². The predicted molar refractivity (Wildman–Crippen MR) is 45.9 cm³/mol. The van der Waals surface area contributed by atoms with E-state index in [2.05, 4.69) is 0 Å². The van der Waals surface area contributed by atoms with Gasteiger partial charge in [-0.2, -0.15) is 0 Å². The van der Waals surface area contributed by atoms with Gasteiger partial charge in [0.1, 0.15) is 5.75 Å². The van der Waals surface area contributed by atoms with E-state index in [1.54, 1.807) is 18.2 Å². The average molecular weight is 187 g/mol. The van der Waals surface area contributed by atoms with Crippen molar-refractivity contribution in [2.75, 3.05) is 7.11 Å². The van der Waals surface area contributed by atoms with E-state index < -0.39 is 12.5 Å². The maximum absolute atomic E-state index is 12.2. The van der Waals surface area contributed by atoms with Gasteiger partial charge in [-0.25, -0.2) is 8.78 Å². The molecule has 1 rings (SSSR count). The Labute approximate surface area is 75.3 Å². The highest BCUT2D eigenvalue weighted by molar-refractivity contribution is 5.30. The maximum Gasteiger partial charge on any atom is 0.257 e. The first-order chi connectivity index (χ1) is 6.15. The molecule has 0 aliphatic heterocycles. The van der Waals surface area contributed by atoms with Gasteiger partial charge in [-0.05, 0) is 17.7 Å². The van der Waals surface area contributed by atoms with Crippen LogP contribution in [-0.2, 0) is 0 Å². The number of nitrogens with two attached hydrogens (primary N) is 1. The topological polar surface area (TPSA) is 35.2 Å². The van der Waals surface area contributed by atoms with Gasteiger partial charge in [-0.1, -0.05) is 12.1 Å². The number of hydrogen-bond donors (Lipinski definition) is 1. The lowest BCUT2D eigenvalue weighted by molar-refractivity contribution is 0.116. The first-order valence-corrected chi connectivity index (χ1v) is 3.83. The van der Waals surface area contributed by atoms with Gasteiger partial charge in [0.05, 0.1) is 13.2 Å². The van der Waals surface area contributed by atoms with Crippen LogP contribution in [-0.4, -0.2) is 13.5 Å². The van der Waals surface area contributed by atoms with Gasteiger partial charge in [-0.3, -0.25) is 0 Å². The summed E-state index contributed by atoms with van der Waals surface area (Å²) < 4.78 is 29.3. The average Bonchev–Trinajstić information content (AvgIpc) is 2.16. The molecule has 0 heterocycles. The summed E-state index contributed by atoms with van der Waals surface area (Å²) in [6, 6.07) is 5.14. The van der Waals surface area contributed by atoms with E-state index in [-0.39, 0.29) is 0 Å². The summed E-state index contributed by atoms with van der Waals surface area (Å²) in [4.78, 5) is 0. The summed E-state index contributed by atoms with van der Waals surface area (Å²) in [5.74, 6) is 0.536. The van der Waals surface area contributed by atoms with E-state index in [0.29, 0.717) is 11.3 Å². The highest BCUT2D eigenvalue weighted by atomic mass is 19.3. The third-order valence-electron chi connectivity index (χ3n) is 1.75. The van der Waals surface area contributed by atoms with Crippen molar-refractivity contribution >= 4 is 0 Å². The Balaban J connectivity index is 2.88. The number of rotatable bonds is 3. The van der Waals surface area contributed by atoms with Crippen LogP contribution in [0.25, 0.3) is 0 Å². The molecule has 0 aliphatic rings. The Morgan fingerprint density at radius 2 is 2.08 bits per heavy atom. The molecule has 0 fully saturated rings. The van der Waals surface area contributed by atoms with Crippen molar-refractivity contribution in [2.45, 2.75) is 12.5 Å². The SMILES string of the molecule is COc1cccc([C@H](N)C(F)F)c1. The number of hydrogen-bond acceptors (Lipinski definition) is 2. The lowest BCUT2D eigenvalue weighted by atomic mass is 10.1. The third kappa shape index (κ3) is 2.39. The molecule has 1 aromatic rings. The molecule has 1 aromatic carbocycles. The molecule has 0 amide bonds. The van der Waals surface area contributed by atoms with Crippen molar-refractivity contribution in [3.05, 3.63) is 29.8 Å². The van der Waals surface area contributed by atoms with E-state index in [1.807, 2.05) is 0 Å². The van der Waals surface area contributed by atoms with Crippen molar-refractivity contribution < 1.29 is 13.5 Å². The number of ether oxygens (including phenoxy) is 1. The molecule has 0 aliphatic carbocycles. The molecule has 0 aromatic heterocycles. The maximum atomic E-state index is 12.2. The standard InChI is InChI=1S/C9H11F2NO/c1-13-7-4-2-3-6(5-7)8(12)9(10)11/h2-5,8-9H,12H2,1H3/t8-/m0/s1. The monoisotopic (exact) mass is 187 g/mol. The number of methoxy groups -OCH3 is 1. The van der Waals surface area contributed by atoms with E-state index >= 15 is 0 Å². The van der Waals surface area contributed by atoms with E-state index in [4.69, 9.17) is 10.5 Å². The lowest BCUT2D eigenvalue weighted by Gasteiger charge is -2.11. The second-order valence-corrected chi connectivity index (χ2v) is 2.64. The minimum absolute atomic E-state index is 0.384. The fourth-order valence-electron chi connectivity index (χ4n) is 0.994. The molecular formula is C9H11F2NO. The normalized spacial score (nSPS) is 13.0. The van der Waals surface area contributed by atoms with Crippen LogP contribution >= 0.6 is 0 Å². The van der Waals surface area contributed by atoms with E-state index in [1.165, 1.54) is 13.2 Å². The Bertz CT molecular complexity index is 278. The minimum Gasteiger partial charge on any atom is -0.497 e. The molecule has 13 heavy (non-hydrogen) atoms. The van der Waals surface area contributed by atoms with Crippen LogP contribution < -0.4 is 10.5 Å². The zero-order valence-electron chi connectivity index (χ0n) is 7.21. The summed E-state index contributed by atoms with van der Waals surface area (Å²) in [5, 5.41) is 0. The lowest BCUT2D eigenvalue weighted by Crippen LogP contribution is -2.18. The zero-order chi connectivity index (χ0) is 9.84. The molecule has 72 valence electrons. The summed E-state index contributed by atoms with van der Waals surface area (Å²) in [5.41, 5.74) is 5.64. The fraction of sp³-hybridized carbons (Fsp3) is 0.333. The van der Waals surface area contributed by atoms with Gasteiger partial charge in [0.2, 0.25) is 0 Å². The number of halogens is 2. The van der Waals surface area contributed by atoms with E-state index in [9.17, 15) is 8.78 Å². The second kappa shape index (κ2) is 4.18. The molecule has 1 atom stereocenters. The fourth-order valence-corrected chi connectivity index (χ4v) is 0.994. The van der Waals surface area contributed by atoms with Gasteiger partial charge in [0.15, 0.2) is 0 Å². The molecule has 0 unspecified atom stereocenters. The van der Waals surface area contributed by atoms with Gasteiger partial charge < -0.3 is 10.5 Å². The van der Waals surface area contributed by atoms with Gasteiger partial charge in [0, 0.05) is 0 Å². The number of benzene rings is 1. The number of alkyl halides is 2. The Morgan fingerprint density at radius 1 is 1.38 bits per heavy atom. The Kier molecular flexibility index (Phi) is 3.19. The smallest absolute Gasteiger partial charge is 0.257 e. The van der Waals surface area contributed by atoms with Crippen LogP contribution in [0.3, 0.4) is 0 Å². The van der Waals surface area contributed by atoms with Crippen LogP contribution in [0.4, 0.5) is 8.78 Å². The minimum atomic E-state index is -2.55. The van der Waals surface area contributed by atoms with Crippen molar-refractivity contribution in [3.8, 4) is 5.75 Å². The zero-order valence-corrected chi connectivity index (χ0v) is 7.21. The van der Waals surface area contributed by atoms with Crippen LogP contribution in [0.2, 0.25) is 0 Å². The van der Waals surface area contributed by atoms with Gasteiger partial charge >= 0.3 is 0 Å². The summed E-state index contributed by atoms with van der Waals surface area (Å²) in [6.07, 6.45) is -2.55. The molecule has 0 bridgehead atoms. The van der Waals surface area contributed by atoms with Crippen LogP contribution in [0.5, 0.6) is 5.75 Å². The van der Waals surface area contributed by atoms with Crippen LogP contribution in [0.1, 0.15) is 11.6 Å². The van der Waals surface area contributed by atoms with Gasteiger partial charge in [0.25, 0.3) is 6.43 Å². The summed E-state index contributed by atoms with van der Waals surface area (Å²) in [6.45, 7) is 0.